The molecular weight excluding hydrogens is 290 g/mol. The van der Waals surface area contributed by atoms with Gasteiger partial charge in [0.2, 0.25) is 5.91 Å². The molecule has 23 heavy (non-hydrogen) atoms. The Kier molecular flexibility index (Phi) is 5.65. The molecule has 3 rings (SSSR count). The number of amides is 1. The Morgan fingerprint density at radius 1 is 1.22 bits per heavy atom. The van der Waals surface area contributed by atoms with Crippen LogP contribution in [0.5, 0.6) is 0 Å². The van der Waals surface area contributed by atoms with Crippen molar-refractivity contribution in [3.8, 4) is 0 Å². The molecule has 0 spiro atoms. The number of hydrogen-bond acceptors (Lipinski definition) is 4. The first-order chi connectivity index (χ1) is 11.2. The van der Waals surface area contributed by atoms with E-state index in [2.05, 4.69) is 27.7 Å². The van der Waals surface area contributed by atoms with Crippen LogP contribution in [0.3, 0.4) is 0 Å². The number of nitrogens with zero attached hydrogens (tertiary/aromatic N) is 1. The molecule has 0 aliphatic carbocycles. The Hall–Kier alpha value is -1.43. The summed E-state index contributed by atoms with van der Waals surface area (Å²) in [4.78, 5) is 13.8. The third kappa shape index (κ3) is 4.31. The van der Waals surface area contributed by atoms with E-state index in [0.29, 0.717) is 12.0 Å². The number of piperazine rings is 1. The highest BCUT2D eigenvalue weighted by Crippen LogP contribution is 2.35. The van der Waals surface area contributed by atoms with Gasteiger partial charge < -0.3 is 15.4 Å². The summed E-state index contributed by atoms with van der Waals surface area (Å²) in [5.41, 5.74) is 2.22. The molecule has 0 aromatic heterocycles. The van der Waals surface area contributed by atoms with Crippen molar-refractivity contribution in [3.63, 3.8) is 0 Å². The Balaban J connectivity index is 1.79. The second kappa shape index (κ2) is 7.90. The molecule has 2 saturated heterocycles. The van der Waals surface area contributed by atoms with Crippen LogP contribution in [-0.2, 0) is 9.53 Å². The average Bonchev–Trinajstić information content (AvgIpc) is 2.58. The lowest BCUT2D eigenvalue weighted by molar-refractivity contribution is -0.114. The lowest BCUT2D eigenvalue weighted by Crippen LogP contribution is -2.47. The molecule has 2 N–H and O–H groups in total. The number of hydrogen-bond donors (Lipinski definition) is 2. The van der Waals surface area contributed by atoms with Crippen LogP contribution in [0.1, 0.15) is 31.4 Å². The van der Waals surface area contributed by atoms with Crippen LogP contribution in [0, 0.1) is 5.92 Å². The van der Waals surface area contributed by atoms with Gasteiger partial charge in [-0.2, -0.15) is 0 Å². The largest absolute Gasteiger partial charge is 0.381 e. The number of carbonyl (C=O) groups excluding carboxylic acids is 1. The highest BCUT2D eigenvalue weighted by molar-refractivity contribution is 5.88. The predicted molar refractivity (Wildman–Crippen MR) is 91.5 cm³/mol. The van der Waals surface area contributed by atoms with E-state index in [4.69, 9.17) is 4.74 Å². The molecular formula is C18H27N3O2. The minimum atomic E-state index is -0.0270. The van der Waals surface area contributed by atoms with Gasteiger partial charge >= 0.3 is 0 Å². The molecule has 1 aromatic rings. The summed E-state index contributed by atoms with van der Waals surface area (Å²) in [6.07, 6.45) is 2.25. The Labute approximate surface area is 138 Å². The van der Waals surface area contributed by atoms with E-state index < -0.39 is 0 Å². The zero-order chi connectivity index (χ0) is 16.1. The topological polar surface area (TPSA) is 53.6 Å². The molecule has 2 fully saturated rings. The van der Waals surface area contributed by atoms with Gasteiger partial charge in [-0.15, -0.1) is 0 Å². The zero-order valence-electron chi connectivity index (χ0n) is 13.9. The quantitative estimate of drug-likeness (QED) is 0.892. The molecule has 5 nitrogen and oxygen atoms in total. The molecule has 2 heterocycles. The third-order valence-corrected chi connectivity index (χ3v) is 4.83. The molecule has 0 bridgehead atoms. The SMILES string of the molecule is CC(=O)Nc1ccc([C@H](C2CCOCC2)N2CCNCC2)cc1. The second-order valence-corrected chi connectivity index (χ2v) is 6.48. The molecule has 0 radical (unpaired) electrons. The minimum Gasteiger partial charge on any atom is -0.381 e. The smallest absolute Gasteiger partial charge is 0.221 e. The first kappa shape index (κ1) is 16.4. The van der Waals surface area contributed by atoms with Crippen molar-refractivity contribution >= 4 is 11.6 Å². The van der Waals surface area contributed by atoms with E-state index in [0.717, 1.165) is 57.9 Å². The molecule has 5 heteroatoms. The van der Waals surface area contributed by atoms with Gasteiger partial charge in [0, 0.05) is 58.0 Å². The normalized spacial score (nSPS) is 21.8. The molecule has 0 saturated carbocycles. The molecule has 1 amide bonds. The predicted octanol–water partition coefficient (Wildman–Crippen LogP) is 2.02. The van der Waals surface area contributed by atoms with Gasteiger partial charge in [0.1, 0.15) is 0 Å². The van der Waals surface area contributed by atoms with Crippen molar-refractivity contribution in [1.82, 2.24) is 10.2 Å². The minimum absolute atomic E-state index is 0.0270. The van der Waals surface area contributed by atoms with Crippen LogP contribution >= 0.6 is 0 Å². The number of nitrogens with one attached hydrogen (secondary N) is 2. The van der Waals surface area contributed by atoms with Crippen LogP contribution in [0.25, 0.3) is 0 Å². The maximum absolute atomic E-state index is 11.2. The van der Waals surface area contributed by atoms with E-state index in [9.17, 15) is 4.79 Å². The summed E-state index contributed by atoms with van der Waals surface area (Å²) in [6.45, 7) is 7.59. The highest BCUT2D eigenvalue weighted by Gasteiger charge is 2.31. The highest BCUT2D eigenvalue weighted by atomic mass is 16.5. The number of ether oxygens (including phenoxy) is 1. The van der Waals surface area contributed by atoms with Crippen molar-refractivity contribution in [2.75, 3.05) is 44.7 Å². The molecule has 1 atom stereocenters. The van der Waals surface area contributed by atoms with Gasteiger partial charge in [-0.25, -0.2) is 0 Å². The third-order valence-electron chi connectivity index (χ3n) is 4.83. The van der Waals surface area contributed by atoms with E-state index in [1.54, 1.807) is 6.92 Å². The average molecular weight is 317 g/mol. The number of rotatable bonds is 4. The summed E-state index contributed by atoms with van der Waals surface area (Å²) >= 11 is 0. The summed E-state index contributed by atoms with van der Waals surface area (Å²) < 4.78 is 5.56. The first-order valence-electron chi connectivity index (χ1n) is 8.64. The van der Waals surface area contributed by atoms with Crippen LogP contribution < -0.4 is 10.6 Å². The van der Waals surface area contributed by atoms with Gasteiger partial charge in [0.15, 0.2) is 0 Å². The van der Waals surface area contributed by atoms with Gasteiger partial charge in [-0.3, -0.25) is 9.69 Å². The summed E-state index contributed by atoms with van der Waals surface area (Å²) in [7, 11) is 0. The van der Waals surface area contributed by atoms with Crippen LogP contribution in [0.2, 0.25) is 0 Å². The van der Waals surface area contributed by atoms with Crippen LogP contribution in [0.15, 0.2) is 24.3 Å². The Morgan fingerprint density at radius 3 is 2.48 bits per heavy atom. The van der Waals surface area contributed by atoms with Gasteiger partial charge in [0.25, 0.3) is 0 Å². The summed E-state index contributed by atoms with van der Waals surface area (Å²) in [6, 6.07) is 8.84. The number of anilines is 1. The monoisotopic (exact) mass is 317 g/mol. The van der Waals surface area contributed by atoms with Crippen LogP contribution in [-0.4, -0.2) is 50.2 Å². The van der Waals surface area contributed by atoms with Gasteiger partial charge in [-0.1, -0.05) is 12.1 Å². The van der Waals surface area contributed by atoms with Crippen molar-refractivity contribution in [2.45, 2.75) is 25.8 Å². The fourth-order valence-corrected chi connectivity index (χ4v) is 3.74. The molecule has 1 aromatic carbocycles. The first-order valence-corrected chi connectivity index (χ1v) is 8.64. The summed E-state index contributed by atoms with van der Waals surface area (Å²) in [5.74, 6) is 0.620. The fourth-order valence-electron chi connectivity index (χ4n) is 3.74. The second-order valence-electron chi connectivity index (χ2n) is 6.48. The van der Waals surface area contributed by atoms with E-state index in [1.807, 2.05) is 12.1 Å². The molecule has 126 valence electrons. The molecule has 0 unspecified atom stereocenters. The van der Waals surface area contributed by atoms with E-state index in [-0.39, 0.29) is 5.91 Å². The fraction of sp³-hybridized carbons (Fsp3) is 0.611. The Bertz CT molecular complexity index is 488. The van der Waals surface area contributed by atoms with Crippen molar-refractivity contribution in [2.24, 2.45) is 5.92 Å². The van der Waals surface area contributed by atoms with Crippen LogP contribution in [0.4, 0.5) is 5.69 Å². The summed E-state index contributed by atoms with van der Waals surface area (Å²) in [5, 5.41) is 6.29. The van der Waals surface area contributed by atoms with Gasteiger partial charge in [0.05, 0.1) is 0 Å². The maximum Gasteiger partial charge on any atom is 0.221 e. The maximum atomic E-state index is 11.2. The zero-order valence-corrected chi connectivity index (χ0v) is 13.9. The lowest BCUT2D eigenvalue weighted by Gasteiger charge is -2.41. The van der Waals surface area contributed by atoms with Gasteiger partial charge in [-0.05, 0) is 36.5 Å². The Morgan fingerprint density at radius 2 is 1.87 bits per heavy atom. The standard InChI is InChI=1S/C18H27N3O2/c1-14(22)20-17-4-2-15(3-5-17)18(16-6-12-23-13-7-16)21-10-8-19-9-11-21/h2-5,16,18-19H,6-13H2,1H3,(H,20,22)/t18-/m1/s1. The van der Waals surface area contributed by atoms with E-state index >= 15 is 0 Å². The number of carbonyl (C=O) groups is 1. The van der Waals surface area contributed by atoms with Crippen molar-refractivity contribution in [1.29, 1.82) is 0 Å². The lowest BCUT2D eigenvalue weighted by atomic mass is 9.85. The van der Waals surface area contributed by atoms with E-state index in [1.165, 1.54) is 5.56 Å². The molecule has 2 aliphatic heterocycles. The van der Waals surface area contributed by atoms with Crippen molar-refractivity contribution in [3.05, 3.63) is 29.8 Å². The number of benzene rings is 1. The molecule has 2 aliphatic rings. The van der Waals surface area contributed by atoms with Crippen molar-refractivity contribution < 1.29 is 9.53 Å².